The zero-order chi connectivity index (χ0) is 40.1. The fraction of sp³-hybridized carbons (Fsp3) is 0.878. The van der Waals surface area contributed by atoms with Crippen molar-refractivity contribution in [1.29, 1.82) is 0 Å². The van der Waals surface area contributed by atoms with E-state index in [-0.39, 0.29) is 46.8 Å². The molecule has 3 saturated carbocycles. The van der Waals surface area contributed by atoms with Crippen LogP contribution >= 0.6 is 11.6 Å². The zero-order valence-electron chi connectivity index (χ0n) is 33.9. The number of carbonyl (C=O) groups excluding carboxylic acids is 2. The van der Waals surface area contributed by atoms with Gasteiger partial charge in [0.05, 0.1) is 24.9 Å². The van der Waals surface area contributed by atoms with Gasteiger partial charge in [-0.2, -0.15) is 0 Å². The van der Waals surface area contributed by atoms with Crippen molar-refractivity contribution in [3.05, 3.63) is 11.6 Å². The number of allylic oxidation sites excluding steroid dienone is 1. The van der Waals surface area contributed by atoms with Gasteiger partial charge < -0.3 is 25.1 Å². The number of alkyl halides is 1. The molecule has 1 saturated heterocycles. The molecule has 0 aromatic heterocycles. The van der Waals surface area contributed by atoms with Crippen LogP contribution in [0, 0.1) is 56.7 Å². The van der Waals surface area contributed by atoms with E-state index in [1.807, 2.05) is 0 Å². The van der Waals surface area contributed by atoms with Gasteiger partial charge in [-0.3, -0.25) is 14.4 Å². The van der Waals surface area contributed by atoms with Gasteiger partial charge in [0, 0.05) is 30.2 Å². The molecule has 4 fully saturated rings. The number of fused-ring (bicyclic) bond motifs is 3. The maximum atomic E-state index is 13.6. The Morgan fingerprint density at radius 2 is 1.74 bits per heavy atom. The highest BCUT2D eigenvalue weighted by Gasteiger charge is 2.72. The smallest absolute Gasteiger partial charge is 0.323 e. The van der Waals surface area contributed by atoms with E-state index in [4.69, 9.17) is 31.5 Å². The molecule has 0 aromatic rings. The van der Waals surface area contributed by atoms with Crippen molar-refractivity contribution in [2.45, 2.75) is 138 Å². The third kappa shape index (κ3) is 7.42. The van der Waals surface area contributed by atoms with Gasteiger partial charge in [-0.15, -0.1) is 11.6 Å². The first-order valence-electron chi connectivity index (χ1n) is 20.3. The summed E-state index contributed by atoms with van der Waals surface area (Å²) in [6.45, 7) is 18.0. The fourth-order valence-corrected chi connectivity index (χ4v) is 13.9. The van der Waals surface area contributed by atoms with Crippen molar-refractivity contribution in [3.8, 4) is 0 Å². The first-order chi connectivity index (χ1) is 25.1. The molecule has 1 aliphatic heterocycles. The predicted octanol–water partition coefficient (Wildman–Crippen LogP) is 6.46. The number of hydrogen-bond acceptors (Lipinski definition) is 9. The Morgan fingerprint density at radius 3 is 2.37 bits per heavy atom. The molecule has 13 heteroatoms. The first-order valence-corrected chi connectivity index (χ1v) is 22.5. The summed E-state index contributed by atoms with van der Waals surface area (Å²) >= 11 is 5.62. The molecule has 308 valence electrons. The molecule has 0 aromatic carbocycles. The van der Waals surface area contributed by atoms with Crippen LogP contribution in [0.3, 0.4) is 0 Å². The molecule has 1 unspecified atom stereocenters. The molecule has 4 aliphatic carbocycles. The van der Waals surface area contributed by atoms with E-state index in [1.54, 1.807) is 0 Å². The molecule has 0 radical (unpaired) electrons. The summed E-state index contributed by atoms with van der Waals surface area (Å²) in [6.07, 6.45) is 7.23. The highest BCUT2D eigenvalue weighted by molar-refractivity contribution is 7.89. The maximum Gasteiger partial charge on any atom is 0.323 e. The summed E-state index contributed by atoms with van der Waals surface area (Å²) in [5.41, 5.74) is 5.49. The lowest BCUT2D eigenvalue weighted by atomic mass is 9.34. The van der Waals surface area contributed by atoms with Crippen LogP contribution in [0.5, 0.6) is 0 Å². The summed E-state index contributed by atoms with van der Waals surface area (Å²) in [4.78, 5) is 39.7. The quantitative estimate of drug-likeness (QED) is 0.0723. The van der Waals surface area contributed by atoms with Gasteiger partial charge in [0.2, 0.25) is 10.0 Å². The molecular weight excluding hydrogens is 732 g/mol. The van der Waals surface area contributed by atoms with Crippen LogP contribution in [-0.2, 0) is 38.6 Å². The van der Waals surface area contributed by atoms with Crippen molar-refractivity contribution < 1.29 is 42.1 Å². The molecule has 0 amide bonds. The summed E-state index contributed by atoms with van der Waals surface area (Å²) in [5, 5.41) is 11.0. The van der Waals surface area contributed by atoms with Gasteiger partial charge in [-0.25, -0.2) is 13.1 Å². The Hall–Kier alpha value is -1.73. The normalized spacial score (nSPS) is 40.0. The number of sulfonamides is 1. The summed E-state index contributed by atoms with van der Waals surface area (Å²) < 4.78 is 45.6. The summed E-state index contributed by atoms with van der Waals surface area (Å²) in [7, 11) is -3.40. The van der Waals surface area contributed by atoms with Crippen LogP contribution in [0.2, 0.25) is 0 Å². The van der Waals surface area contributed by atoms with Crippen LogP contribution in [-0.4, -0.2) is 81.1 Å². The van der Waals surface area contributed by atoms with Crippen LogP contribution in [0.1, 0.15) is 120 Å². The predicted molar refractivity (Wildman–Crippen MR) is 208 cm³/mol. The van der Waals surface area contributed by atoms with Crippen molar-refractivity contribution in [2.24, 2.45) is 62.4 Å². The number of nitrogens with two attached hydrogens (primary N) is 1. The molecule has 5 rings (SSSR count). The van der Waals surface area contributed by atoms with Crippen LogP contribution in [0.15, 0.2) is 11.6 Å². The number of unbranched alkanes of at least 4 members (excludes halogenated alkanes) is 1. The second-order valence-electron chi connectivity index (χ2n) is 18.9. The topological polar surface area (TPSA) is 171 Å². The number of hydrogen-bond donors (Lipinski definition) is 3. The number of carbonyl (C=O) groups is 3. The molecule has 0 spiro atoms. The molecule has 4 N–H and O–H groups in total. The summed E-state index contributed by atoms with van der Waals surface area (Å²) in [6, 6.07) is -0.928. The van der Waals surface area contributed by atoms with Crippen molar-refractivity contribution >= 4 is 39.5 Å². The first kappa shape index (κ1) is 43.4. The number of carboxylic acid groups (broad SMARTS) is 1. The number of aliphatic carboxylic acids is 1. The lowest BCUT2D eigenvalue weighted by molar-refractivity contribution is -0.263. The van der Waals surface area contributed by atoms with Gasteiger partial charge in [0.1, 0.15) is 18.2 Å². The SMILES string of the molecule is CC(=O)O[C@@H]1C[C@@]23COC[C@](C)([C@@H]2CC[C@H]2C3=CC[C@@]3(C)[C@H](C(=O)O)[C@@](C)([C@H](C)C(C)C)CC[C@]23C)[C@H]1OC(=O)C(N)CCCCNS(=O)(=O)CCCCl. The van der Waals surface area contributed by atoms with Gasteiger partial charge in [0.15, 0.2) is 0 Å². The third-order valence-corrected chi connectivity index (χ3v) is 17.5. The van der Waals surface area contributed by atoms with Crippen LogP contribution < -0.4 is 10.5 Å². The van der Waals surface area contributed by atoms with Crippen LogP contribution in [0.25, 0.3) is 0 Å². The Morgan fingerprint density at radius 1 is 1.04 bits per heavy atom. The van der Waals surface area contributed by atoms with Gasteiger partial charge in [-0.05, 0) is 97.7 Å². The molecule has 5 aliphatic rings. The fourth-order valence-electron chi connectivity index (χ4n) is 12.5. The minimum atomic E-state index is -3.40. The maximum absolute atomic E-state index is 13.6. The van der Waals surface area contributed by atoms with Gasteiger partial charge >= 0.3 is 17.9 Å². The average molecular weight is 800 g/mol. The lowest BCUT2D eigenvalue weighted by Gasteiger charge is -2.71. The highest BCUT2D eigenvalue weighted by atomic mass is 35.5. The number of ether oxygens (including phenoxy) is 3. The number of carboxylic acids is 1. The highest BCUT2D eigenvalue weighted by Crippen LogP contribution is 2.75. The largest absolute Gasteiger partial charge is 0.481 e. The second-order valence-corrected chi connectivity index (χ2v) is 21.2. The minimum absolute atomic E-state index is 0.0307. The van der Waals surface area contributed by atoms with E-state index < -0.39 is 68.3 Å². The van der Waals surface area contributed by atoms with Crippen molar-refractivity contribution in [3.63, 3.8) is 0 Å². The number of halogens is 1. The van der Waals surface area contributed by atoms with Gasteiger partial charge in [-0.1, -0.05) is 66.5 Å². The molecule has 12 atom stereocenters. The van der Waals surface area contributed by atoms with E-state index in [0.29, 0.717) is 57.7 Å². The molecule has 2 bridgehead atoms. The van der Waals surface area contributed by atoms with E-state index in [1.165, 1.54) is 12.5 Å². The zero-order valence-corrected chi connectivity index (χ0v) is 35.5. The average Bonchev–Trinajstić information content (AvgIpc) is 3.08. The second kappa shape index (κ2) is 15.9. The van der Waals surface area contributed by atoms with Crippen molar-refractivity contribution in [1.82, 2.24) is 4.72 Å². The minimum Gasteiger partial charge on any atom is -0.481 e. The Balaban J connectivity index is 1.39. The Kier molecular flexibility index (Phi) is 12.8. The monoisotopic (exact) mass is 798 g/mol. The number of nitrogens with one attached hydrogen (secondary N) is 1. The molecular formula is C41H67ClN2O9S. The van der Waals surface area contributed by atoms with Crippen molar-refractivity contribution in [2.75, 3.05) is 31.4 Å². The number of rotatable bonds is 15. The number of esters is 2. The standard InChI is InChI=1S/C41H67ClN2O9S/c1-25(2)26(3)37(5)17-18-39(7)28-13-14-32-38(6)23-51-24-41(32,29(28)15-16-40(39,8)33(37)35(46)47)22-31(52-27(4)45)34(38)53-36(48)30(43)12-9-10-20-44-54(49,50)21-11-19-42/h15,25-26,28,30-34,44H,9-14,16-24,43H2,1-8H3,(H,46,47)/t26-,28+,30?,31-,32+,33-,34+,37-,38-,39-,40+,41+/m1/s1. The third-order valence-electron chi connectivity index (χ3n) is 15.7. The van der Waals surface area contributed by atoms with E-state index in [2.05, 4.69) is 59.3 Å². The Bertz CT molecular complexity index is 1570. The molecule has 1 heterocycles. The van der Waals surface area contributed by atoms with Gasteiger partial charge in [0.25, 0.3) is 0 Å². The van der Waals surface area contributed by atoms with E-state index >= 15 is 0 Å². The molecule has 54 heavy (non-hydrogen) atoms. The summed E-state index contributed by atoms with van der Waals surface area (Å²) in [5.74, 6) is -1.14. The molecule has 11 nitrogen and oxygen atoms in total. The van der Waals surface area contributed by atoms with E-state index in [0.717, 1.165) is 25.7 Å². The van der Waals surface area contributed by atoms with Crippen LogP contribution in [0.4, 0.5) is 0 Å². The lowest BCUT2D eigenvalue weighted by Crippen LogP contribution is -2.70. The Labute approximate surface area is 328 Å². The van der Waals surface area contributed by atoms with E-state index in [9.17, 15) is 27.9 Å².